The third-order valence-electron chi connectivity index (χ3n) is 3.07. The van der Waals surface area contributed by atoms with Gasteiger partial charge in [-0.05, 0) is 24.6 Å². The van der Waals surface area contributed by atoms with Crippen LogP contribution in [0.1, 0.15) is 18.4 Å². The maximum Gasteiger partial charge on any atom is 0.227 e. The predicted octanol–water partition coefficient (Wildman–Crippen LogP) is 1.57. The van der Waals surface area contributed by atoms with Crippen LogP contribution in [0.5, 0.6) is 5.75 Å². The molecule has 120 valence electrons. The molecule has 2 N–H and O–H groups in total. The van der Waals surface area contributed by atoms with Crippen LogP contribution in [0.15, 0.2) is 24.3 Å². The van der Waals surface area contributed by atoms with Crippen LogP contribution in [-0.4, -0.2) is 46.4 Å². The summed E-state index contributed by atoms with van der Waals surface area (Å²) in [6, 6.07) is 7.59. The second-order valence-corrected chi connectivity index (χ2v) is 4.53. The molecule has 1 unspecified atom stereocenters. The summed E-state index contributed by atoms with van der Waals surface area (Å²) in [4.78, 5) is 12.0. The van der Waals surface area contributed by atoms with Gasteiger partial charge in [-0.25, -0.2) is 0 Å². The Labute approximate surface area is 132 Å². The predicted molar refractivity (Wildman–Crippen MR) is 86.4 cm³/mol. The van der Waals surface area contributed by atoms with Crippen LogP contribution in [0.4, 0.5) is 0 Å². The molecule has 0 bridgehead atoms. The van der Waals surface area contributed by atoms with Crippen LogP contribution in [0.2, 0.25) is 0 Å². The van der Waals surface area contributed by atoms with E-state index in [9.17, 15) is 4.79 Å². The van der Waals surface area contributed by atoms with E-state index >= 15 is 0 Å². The zero-order valence-electron chi connectivity index (χ0n) is 12.8. The lowest BCUT2D eigenvalue weighted by Crippen LogP contribution is -2.35. The molecule has 0 aliphatic heterocycles. The molecule has 21 heavy (non-hydrogen) atoms. The Morgan fingerprint density at radius 1 is 1.24 bits per heavy atom. The van der Waals surface area contributed by atoms with Crippen LogP contribution >= 0.6 is 12.4 Å². The molecular weight excluding hydrogens is 292 g/mol. The van der Waals surface area contributed by atoms with E-state index in [1.54, 1.807) is 14.2 Å². The zero-order valence-corrected chi connectivity index (χ0v) is 13.7. The van der Waals surface area contributed by atoms with Crippen molar-refractivity contribution in [3.05, 3.63) is 29.8 Å². The highest BCUT2D eigenvalue weighted by atomic mass is 35.5. The Balaban J connectivity index is 0.00000400. The van der Waals surface area contributed by atoms with Gasteiger partial charge in [0.05, 0.1) is 19.6 Å². The zero-order chi connectivity index (χ0) is 14.8. The lowest BCUT2D eigenvalue weighted by atomic mass is 10.0. The standard InChI is InChI=1S/C15H24N2O3.ClH/c1-12(13-5-4-6-14(11-13)20-3)15(18)17-8-7-16-9-10-19-2;/h4-6,11-12,16H,7-10H2,1-3H3,(H,17,18);1H. The number of hydrogen-bond acceptors (Lipinski definition) is 4. The molecule has 1 amide bonds. The van der Waals surface area contributed by atoms with Gasteiger partial charge < -0.3 is 20.1 Å². The summed E-state index contributed by atoms with van der Waals surface area (Å²) < 4.78 is 10.1. The highest BCUT2D eigenvalue weighted by Gasteiger charge is 2.14. The summed E-state index contributed by atoms with van der Waals surface area (Å²) >= 11 is 0. The first kappa shape index (κ1) is 19.7. The molecule has 1 atom stereocenters. The number of nitrogens with one attached hydrogen (secondary N) is 2. The molecule has 0 saturated heterocycles. The third-order valence-corrected chi connectivity index (χ3v) is 3.07. The topological polar surface area (TPSA) is 59.6 Å². The molecule has 0 fully saturated rings. The largest absolute Gasteiger partial charge is 0.497 e. The number of halogens is 1. The Morgan fingerprint density at radius 3 is 2.67 bits per heavy atom. The lowest BCUT2D eigenvalue weighted by Gasteiger charge is -2.13. The van der Waals surface area contributed by atoms with Gasteiger partial charge in [-0.1, -0.05) is 12.1 Å². The van der Waals surface area contributed by atoms with Crippen molar-refractivity contribution < 1.29 is 14.3 Å². The molecule has 0 aliphatic carbocycles. The van der Waals surface area contributed by atoms with Crippen LogP contribution in [0.3, 0.4) is 0 Å². The van der Waals surface area contributed by atoms with E-state index in [0.29, 0.717) is 13.2 Å². The fraction of sp³-hybridized carbons (Fsp3) is 0.533. The van der Waals surface area contributed by atoms with Crippen molar-refractivity contribution in [2.24, 2.45) is 0 Å². The summed E-state index contributed by atoms with van der Waals surface area (Å²) in [5.74, 6) is 0.597. The Bertz CT molecular complexity index is 416. The number of ether oxygens (including phenoxy) is 2. The molecule has 5 nitrogen and oxygen atoms in total. The molecule has 1 aromatic rings. The third kappa shape index (κ3) is 7.32. The fourth-order valence-electron chi connectivity index (χ4n) is 1.79. The maximum atomic E-state index is 12.0. The van der Waals surface area contributed by atoms with Crippen LogP contribution < -0.4 is 15.4 Å². The van der Waals surface area contributed by atoms with E-state index in [1.807, 2.05) is 31.2 Å². The molecule has 0 heterocycles. The van der Waals surface area contributed by atoms with Gasteiger partial charge in [0.25, 0.3) is 0 Å². The molecular formula is C15H25ClN2O3. The molecule has 0 spiro atoms. The van der Waals surface area contributed by atoms with Crippen LogP contribution in [0.25, 0.3) is 0 Å². The fourth-order valence-corrected chi connectivity index (χ4v) is 1.79. The summed E-state index contributed by atoms with van der Waals surface area (Å²) in [5.41, 5.74) is 0.953. The van der Waals surface area contributed by atoms with Crippen molar-refractivity contribution in [1.29, 1.82) is 0 Å². The number of amides is 1. The molecule has 0 saturated carbocycles. The highest BCUT2D eigenvalue weighted by Crippen LogP contribution is 2.20. The van der Waals surface area contributed by atoms with E-state index < -0.39 is 0 Å². The van der Waals surface area contributed by atoms with Gasteiger partial charge in [-0.15, -0.1) is 12.4 Å². The van der Waals surface area contributed by atoms with Crippen molar-refractivity contribution in [1.82, 2.24) is 10.6 Å². The number of benzene rings is 1. The lowest BCUT2D eigenvalue weighted by molar-refractivity contribution is -0.122. The quantitative estimate of drug-likeness (QED) is 0.679. The van der Waals surface area contributed by atoms with Crippen molar-refractivity contribution in [2.45, 2.75) is 12.8 Å². The highest BCUT2D eigenvalue weighted by molar-refractivity contribution is 5.85. The number of methoxy groups -OCH3 is 2. The van der Waals surface area contributed by atoms with E-state index in [4.69, 9.17) is 9.47 Å². The van der Waals surface area contributed by atoms with E-state index in [2.05, 4.69) is 10.6 Å². The smallest absolute Gasteiger partial charge is 0.227 e. The minimum absolute atomic E-state index is 0. The van der Waals surface area contributed by atoms with Gasteiger partial charge >= 0.3 is 0 Å². The number of carbonyl (C=O) groups excluding carboxylic acids is 1. The van der Waals surface area contributed by atoms with Gasteiger partial charge in [0.15, 0.2) is 0 Å². The second kappa shape index (κ2) is 11.4. The van der Waals surface area contributed by atoms with E-state index in [-0.39, 0.29) is 24.2 Å². The average molecular weight is 317 g/mol. The van der Waals surface area contributed by atoms with Gasteiger partial charge in [-0.2, -0.15) is 0 Å². The summed E-state index contributed by atoms with van der Waals surface area (Å²) in [5, 5.41) is 6.09. The second-order valence-electron chi connectivity index (χ2n) is 4.53. The molecule has 1 aromatic carbocycles. The monoisotopic (exact) mass is 316 g/mol. The first-order valence-corrected chi connectivity index (χ1v) is 6.80. The number of rotatable bonds is 9. The molecule has 0 radical (unpaired) electrons. The van der Waals surface area contributed by atoms with Gasteiger partial charge in [-0.3, -0.25) is 4.79 Å². The molecule has 0 aliphatic rings. The van der Waals surface area contributed by atoms with Gasteiger partial charge in [0, 0.05) is 26.7 Å². The molecule has 0 aromatic heterocycles. The van der Waals surface area contributed by atoms with E-state index in [0.717, 1.165) is 24.4 Å². The molecule has 6 heteroatoms. The van der Waals surface area contributed by atoms with Gasteiger partial charge in [0.1, 0.15) is 5.75 Å². The van der Waals surface area contributed by atoms with Crippen LogP contribution in [-0.2, 0) is 9.53 Å². The Hall–Kier alpha value is -1.30. The normalized spacial score (nSPS) is 11.4. The summed E-state index contributed by atoms with van der Waals surface area (Å²) in [7, 11) is 3.29. The van der Waals surface area contributed by atoms with Crippen molar-refractivity contribution >= 4 is 18.3 Å². The first-order valence-electron chi connectivity index (χ1n) is 6.80. The Kier molecular flexibility index (Phi) is 10.7. The summed E-state index contributed by atoms with van der Waals surface area (Å²) in [6.07, 6.45) is 0. The summed E-state index contributed by atoms with van der Waals surface area (Å²) in [6.45, 7) is 4.70. The van der Waals surface area contributed by atoms with Crippen molar-refractivity contribution in [2.75, 3.05) is 40.5 Å². The Morgan fingerprint density at radius 2 is 2.00 bits per heavy atom. The minimum Gasteiger partial charge on any atom is -0.497 e. The van der Waals surface area contributed by atoms with E-state index in [1.165, 1.54) is 0 Å². The SMILES string of the molecule is COCCNCCNC(=O)C(C)c1cccc(OC)c1.Cl. The average Bonchev–Trinajstić information content (AvgIpc) is 2.49. The van der Waals surface area contributed by atoms with Crippen LogP contribution in [0, 0.1) is 0 Å². The minimum atomic E-state index is -0.191. The number of hydrogen-bond donors (Lipinski definition) is 2. The van der Waals surface area contributed by atoms with Crippen molar-refractivity contribution in [3.8, 4) is 5.75 Å². The first-order chi connectivity index (χ1) is 9.69. The molecule has 1 rings (SSSR count). The maximum absolute atomic E-state index is 12.0. The van der Waals surface area contributed by atoms with Gasteiger partial charge in [0.2, 0.25) is 5.91 Å². The van der Waals surface area contributed by atoms with Crippen molar-refractivity contribution in [3.63, 3.8) is 0 Å². The number of carbonyl (C=O) groups is 1.